The zero-order chi connectivity index (χ0) is 18.5. The second-order valence-electron chi connectivity index (χ2n) is 10.0. The summed E-state index contributed by atoms with van der Waals surface area (Å²) in [5.41, 5.74) is 2.49. The summed E-state index contributed by atoms with van der Waals surface area (Å²) >= 11 is 0. The van der Waals surface area contributed by atoms with Gasteiger partial charge in [0.25, 0.3) is 0 Å². The van der Waals surface area contributed by atoms with E-state index in [1.165, 1.54) is 30.6 Å². The summed E-state index contributed by atoms with van der Waals surface area (Å²) in [6.07, 6.45) is 4.97. The van der Waals surface area contributed by atoms with Crippen LogP contribution in [0.25, 0.3) is 0 Å². The van der Waals surface area contributed by atoms with Gasteiger partial charge in [-0.3, -0.25) is 0 Å². The summed E-state index contributed by atoms with van der Waals surface area (Å²) in [6.45, 7) is 14.7. The van der Waals surface area contributed by atoms with Crippen molar-refractivity contribution in [1.29, 1.82) is 0 Å². The Hall–Kier alpha value is -0.260. The Morgan fingerprint density at radius 2 is 1.04 bits per heavy atom. The van der Waals surface area contributed by atoms with E-state index in [2.05, 4.69) is 41.5 Å². The van der Waals surface area contributed by atoms with Crippen LogP contribution >= 0.6 is 14.5 Å². The molecule has 0 aromatic carbocycles. The summed E-state index contributed by atoms with van der Waals surface area (Å²) in [7, 11) is -2.41. The summed E-state index contributed by atoms with van der Waals surface area (Å²) in [5, 5.41) is 2.24. The van der Waals surface area contributed by atoms with Crippen molar-refractivity contribution in [2.45, 2.75) is 94.8 Å². The third kappa shape index (κ3) is 1.60. The minimum absolute atomic E-state index is 0.0935. The predicted molar refractivity (Wildman–Crippen MR) is 112 cm³/mol. The fourth-order valence-electron chi connectivity index (χ4n) is 8.71. The molecule has 4 aliphatic heterocycles. The van der Waals surface area contributed by atoms with Gasteiger partial charge in [0, 0.05) is 0 Å². The van der Waals surface area contributed by atoms with E-state index < -0.39 is 14.5 Å². The van der Waals surface area contributed by atoms with Gasteiger partial charge < -0.3 is 0 Å². The average Bonchev–Trinajstić information content (AvgIpc) is 3.14. The van der Waals surface area contributed by atoms with Gasteiger partial charge in [0.2, 0.25) is 0 Å². The van der Waals surface area contributed by atoms with Crippen molar-refractivity contribution in [2.75, 3.05) is 7.05 Å². The van der Waals surface area contributed by atoms with Gasteiger partial charge in [0.15, 0.2) is 0 Å². The number of likely N-dealkylation sites (N-methyl/N-ethyl adjacent to an activating group) is 1. The van der Waals surface area contributed by atoms with Crippen LogP contribution in [0.1, 0.15) is 67.2 Å². The second kappa shape index (κ2) is 5.17. The molecule has 0 bridgehead atoms. The van der Waals surface area contributed by atoms with Gasteiger partial charge >= 0.3 is 153 Å². The van der Waals surface area contributed by atoms with Crippen LogP contribution in [0.4, 0.5) is 0 Å². The summed E-state index contributed by atoms with van der Waals surface area (Å²) in [6, 6.07) is 0. The fourth-order valence-corrected chi connectivity index (χ4v) is 31.1. The monoisotopic (exact) mass is 383 g/mol. The topological polar surface area (TPSA) is 37.4 Å². The molecule has 5 heteroatoms. The van der Waals surface area contributed by atoms with Gasteiger partial charge in [-0.2, -0.15) is 0 Å². The van der Waals surface area contributed by atoms with Crippen LogP contribution in [0.5, 0.6) is 0 Å². The van der Waals surface area contributed by atoms with E-state index in [4.69, 9.17) is 0 Å². The van der Waals surface area contributed by atoms with Crippen LogP contribution < -0.4 is 0 Å². The maximum absolute atomic E-state index is 13.4. The molecule has 0 unspecified atom stereocenters. The van der Waals surface area contributed by atoms with Gasteiger partial charge in [-0.25, -0.2) is 0 Å². The second-order valence-corrected chi connectivity index (χ2v) is 21.5. The first kappa shape index (κ1) is 18.1. The van der Waals surface area contributed by atoms with Crippen molar-refractivity contribution in [3.63, 3.8) is 0 Å². The van der Waals surface area contributed by atoms with E-state index in [0.29, 0.717) is 22.6 Å². The molecular weight excluding hydrogens is 348 g/mol. The molecular formula is C20H35NO2P2. The number of hydrogen-bond donors (Lipinski definition) is 0. The van der Waals surface area contributed by atoms with Crippen LogP contribution in [0.2, 0.25) is 0 Å². The number of fused-ring (bicyclic) bond motifs is 2. The van der Waals surface area contributed by atoms with Crippen LogP contribution in [-0.2, 0) is 9.59 Å². The number of imide groups is 1. The predicted octanol–water partition coefficient (Wildman–Crippen LogP) is 4.59. The molecule has 4 heterocycles. The molecule has 2 amide bonds. The van der Waals surface area contributed by atoms with Crippen LogP contribution in [0, 0.1) is 0 Å². The van der Waals surface area contributed by atoms with Crippen molar-refractivity contribution in [1.82, 2.24) is 4.90 Å². The molecule has 0 aliphatic carbocycles. The number of amides is 2. The number of carbonyl (C=O) groups is 2. The van der Waals surface area contributed by atoms with Crippen LogP contribution in [0.15, 0.2) is 10.6 Å². The van der Waals surface area contributed by atoms with Gasteiger partial charge in [0.05, 0.1) is 0 Å². The van der Waals surface area contributed by atoms with Crippen molar-refractivity contribution in [3.8, 4) is 0 Å². The fraction of sp³-hybridized carbons (Fsp3) is 0.800. The Kier molecular flexibility index (Phi) is 3.75. The molecule has 2 fully saturated rings. The number of rotatable bonds is 0. The quantitative estimate of drug-likeness (QED) is 0.453. The average molecular weight is 383 g/mol. The normalized spacial score (nSPS) is 43.4. The van der Waals surface area contributed by atoms with E-state index in [1.807, 2.05) is 0 Å². The van der Waals surface area contributed by atoms with Crippen molar-refractivity contribution in [2.24, 2.45) is 0 Å². The molecule has 2 spiro atoms. The summed E-state index contributed by atoms with van der Waals surface area (Å²) in [4.78, 5) is 28.5. The minimum atomic E-state index is -2.07. The zero-order valence-electron chi connectivity index (χ0n) is 16.9. The van der Waals surface area contributed by atoms with Gasteiger partial charge in [-0.15, -0.1) is 0 Å². The van der Waals surface area contributed by atoms with E-state index in [1.54, 1.807) is 7.05 Å². The van der Waals surface area contributed by atoms with Gasteiger partial charge in [-0.1, -0.05) is 0 Å². The Balaban J connectivity index is 2.12. The van der Waals surface area contributed by atoms with E-state index in [0.717, 1.165) is 10.6 Å². The van der Waals surface area contributed by atoms with Crippen molar-refractivity contribution in [3.05, 3.63) is 10.6 Å². The summed E-state index contributed by atoms with van der Waals surface area (Å²) < 4.78 is 0. The Labute approximate surface area is 153 Å². The zero-order valence-corrected chi connectivity index (χ0v) is 18.9. The third-order valence-corrected chi connectivity index (χ3v) is 26.2. The molecule has 25 heavy (non-hydrogen) atoms. The van der Waals surface area contributed by atoms with Crippen molar-refractivity contribution < 1.29 is 9.59 Å². The molecule has 4 rings (SSSR count). The molecule has 0 saturated carbocycles. The Bertz CT molecular complexity index is 634. The molecule has 0 radical (unpaired) electrons. The summed E-state index contributed by atoms with van der Waals surface area (Å²) in [5.74, 6) is 0.187. The van der Waals surface area contributed by atoms with Crippen molar-refractivity contribution >= 4 is 26.3 Å². The Morgan fingerprint density at radius 3 is 1.32 bits per heavy atom. The first-order valence-corrected chi connectivity index (χ1v) is 14.5. The van der Waals surface area contributed by atoms with Gasteiger partial charge in [0.1, 0.15) is 0 Å². The number of carbonyl (C=O) groups excluding carboxylic acids is 2. The molecule has 142 valence electrons. The first-order chi connectivity index (χ1) is 11.6. The Morgan fingerprint density at radius 1 is 0.760 bits per heavy atom. The molecule has 0 N–H and O–H groups in total. The van der Waals surface area contributed by atoms with Crippen LogP contribution in [-0.4, -0.2) is 51.3 Å². The molecule has 0 aromatic heterocycles. The maximum atomic E-state index is 13.4. The van der Waals surface area contributed by atoms with E-state index >= 15 is 0 Å². The number of nitrogens with zero attached hydrogens (tertiary/aromatic N) is 1. The molecule has 4 aliphatic rings. The number of hydrogen-bond acceptors (Lipinski definition) is 2. The molecule has 4 atom stereocenters. The molecule has 2 saturated heterocycles. The first-order valence-electron chi connectivity index (χ1n) is 10.1. The van der Waals surface area contributed by atoms with E-state index in [9.17, 15) is 9.59 Å². The molecule has 0 aromatic rings. The SMILES string of the molecule is C[C@@H]1CC[C@@H](C)[PH]12C1=C(C(=O)N(C)C1=O)[PH]1([C@H](C)CC[C@H]1C)C2(C)C. The standard InChI is InChI=1S/C20H35NO2P2/c1-12-8-9-13(2)24(12)16-17(19(23)21(7)18(16)22)25(20(24,5)6)14(3)10-11-15(25)4/h12-15,24-25H,8-11H2,1-7H3/t12-,13-,14-,15-/m1/s1. The van der Waals surface area contributed by atoms with Gasteiger partial charge in [-0.05, 0) is 0 Å². The molecule has 3 nitrogen and oxygen atoms in total. The van der Waals surface area contributed by atoms with E-state index in [-0.39, 0.29) is 16.7 Å². The third-order valence-electron chi connectivity index (χ3n) is 9.36. The van der Waals surface area contributed by atoms with Crippen LogP contribution in [0.3, 0.4) is 0 Å².